The maximum Gasteiger partial charge on any atom is 0.417 e. The summed E-state index contributed by atoms with van der Waals surface area (Å²) in [5, 5.41) is 0. The van der Waals surface area contributed by atoms with E-state index in [0.717, 1.165) is 25.3 Å². The minimum atomic E-state index is -4.52. The van der Waals surface area contributed by atoms with Crippen LogP contribution in [0.1, 0.15) is 35.2 Å². The molecule has 1 aliphatic heterocycles. The van der Waals surface area contributed by atoms with E-state index >= 15 is 0 Å². The molecule has 0 bridgehead atoms. The second-order valence-corrected chi connectivity index (χ2v) is 5.38. The number of carbonyl (C=O) groups excluding carboxylic acids is 1. The molecule has 0 aliphatic carbocycles. The van der Waals surface area contributed by atoms with E-state index in [9.17, 15) is 18.0 Å². The van der Waals surface area contributed by atoms with Crippen LogP contribution in [0.5, 0.6) is 0 Å². The average molecular weight is 300 g/mol. The van der Waals surface area contributed by atoms with Gasteiger partial charge in [-0.05, 0) is 43.9 Å². The minimum absolute atomic E-state index is 0.265. The molecular weight excluding hydrogens is 281 g/mol. The molecule has 0 saturated carbocycles. The highest BCUT2D eigenvalue weighted by Crippen LogP contribution is 2.33. The van der Waals surface area contributed by atoms with Gasteiger partial charge in [0.2, 0.25) is 0 Å². The molecule has 0 radical (unpaired) electrons. The molecule has 1 unspecified atom stereocenters. The fourth-order valence-electron chi connectivity index (χ4n) is 2.81. The molecule has 0 aromatic heterocycles. The van der Waals surface area contributed by atoms with Crippen molar-refractivity contribution in [3.63, 3.8) is 0 Å². The second kappa shape index (κ2) is 6.47. The van der Waals surface area contributed by atoms with E-state index in [0.29, 0.717) is 19.6 Å². The van der Waals surface area contributed by atoms with E-state index < -0.39 is 17.6 Å². The van der Waals surface area contributed by atoms with E-state index in [1.807, 2.05) is 0 Å². The number of alkyl halides is 3. The lowest BCUT2D eigenvalue weighted by atomic mass is 9.94. The van der Waals surface area contributed by atoms with Gasteiger partial charge in [0.1, 0.15) is 0 Å². The van der Waals surface area contributed by atoms with Crippen LogP contribution in [0, 0.1) is 5.92 Å². The molecule has 2 N–H and O–H groups in total. The summed E-state index contributed by atoms with van der Waals surface area (Å²) in [6.07, 6.45) is -1.93. The predicted octanol–water partition coefficient (Wildman–Crippen LogP) is 2.91. The quantitative estimate of drug-likeness (QED) is 0.933. The van der Waals surface area contributed by atoms with E-state index in [1.54, 1.807) is 0 Å². The number of carbonyl (C=O) groups is 1. The largest absolute Gasteiger partial charge is 0.417 e. The highest BCUT2D eigenvalue weighted by Gasteiger charge is 2.36. The molecule has 1 amide bonds. The van der Waals surface area contributed by atoms with Crippen LogP contribution >= 0.6 is 0 Å². The molecule has 2 rings (SSSR count). The van der Waals surface area contributed by atoms with Gasteiger partial charge >= 0.3 is 6.18 Å². The Kier molecular flexibility index (Phi) is 4.88. The second-order valence-electron chi connectivity index (χ2n) is 5.38. The van der Waals surface area contributed by atoms with Crippen LogP contribution in [0.25, 0.3) is 0 Å². The van der Waals surface area contributed by atoms with E-state index in [2.05, 4.69) is 0 Å². The van der Waals surface area contributed by atoms with Gasteiger partial charge in [0.15, 0.2) is 0 Å². The van der Waals surface area contributed by atoms with Gasteiger partial charge in [0.25, 0.3) is 5.91 Å². The maximum absolute atomic E-state index is 13.0. The van der Waals surface area contributed by atoms with Crippen molar-refractivity contribution < 1.29 is 18.0 Å². The summed E-state index contributed by atoms with van der Waals surface area (Å²) in [6.45, 7) is 1.53. The number of amides is 1. The summed E-state index contributed by atoms with van der Waals surface area (Å²) < 4.78 is 39.0. The molecule has 1 atom stereocenters. The lowest BCUT2D eigenvalue weighted by Gasteiger charge is -2.33. The van der Waals surface area contributed by atoms with Crippen molar-refractivity contribution in [3.05, 3.63) is 35.4 Å². The Hall–Kier alpha value is -1.56. The number of benzene rings is 1. The van der Waals surface area contributed by atoms with Crippen LogP contribution in [0.3, 0.4) is 0 Å². The van der Waals surface area contributed by atoms with Gasteiger partial charge in [-0.15, -0.1) is 0 Å². The molecule has 1 heterocycles. The van der Waals surface area contributed by atoms with Crippen LogP contribution in [-0.2, 0) is 6.18 Å². The predicted molar refractivity (Wildman–Crippen MR) is 73.7 cm³/mol. The number of rotatable bonds is 3. The van der Waals surface area contributed by atoms with Crippen molar-refractivity contribution in [1.82, 2.24) is 4.90 Å². The number of hydrogen-bond donors (Lipinski definition) is 1. The summed E-state index contributed by atoms with van der Waals surface area (Å²) in [4.78, 5) is 13.9. The number of hydrogen-bond acceptors (Lipinski definition) is 2. The van der Waals surface area contributed by atoms with Crippen molar-refractivity contribution in [3.8, 4) is 0 Å². The van der Waals surface area contributed by atoms with Gasteiger partial charge in [-0.25, -0.2) is 0 Å². The zero-order valence-corrected chi connectivity index (χ0v) is 11.7. The number of nitrogens with two attached hydrogens (primary N) is 1. The normalized spacial score (nSPS) is 19.6. The number of piperidine rings is 1. The third-order valence-corrected chi connectivity index (χ3v) is 3.84. The summed E-state index contributed by atoms with van der Waals surface area (Å²) in [5.74, 6) is -0.254. The zero-order chi connectivity index (χ0) is 15.5. The lowest BCUT2D eigenvalue weighted by Crippen LogP contribution is -2.41. The number of halogens is 3. The molecule has 116 valence electrons. The first-order valence-electron chi connectivity index (χ1n) is 7.09. The maximum atomic E-state index is 13.0. The minimum Gasteiger partial charge on any atom is -0.338 e. The molecular formula is C15H19F3N2O. The van der Waals surface area contributed by atoms with Crippen molar-refractivity contribution in [2.24, 2.45) is 11.7 Å². The first kappa shape index (κ1) is 15.8. The monoisotopic (exact) mass is 300 g/mol. The smallest absolute Gasteiger partial charge is 0.338 e. The Labute approximate surface area is 121 Å². The Morgan fingerprint density at radius 1 is 1.33 bits per heavy atom. The fraction of sp³-hybridized carbons (Fsp3) is 0.533. The van der Waals surface area contributed by atoms with E-state index in [1.165, 1.54) is 23.1 Å². The van der Waals surface area contributed by atoms with Gasteiger partial charge in [-0.1, -0.05) is 12.1 Å². The third kappa shape index (κ3) is 3.75. The van der Waals surface area contributed by atoms with Gasteiger partial charge in [-0.2, -0.15) is 13.2 Å². The molecule has 1 aromatic rings. The van der Waals surface area contributed by atoms with Crippen LogP contribution in [0.2, 0.25) is 0 Å². The van der Waals surface area contributed by atoms with Gasteiger partial charge in [-0.3, -0.25) is 4.79 Å². The van der Waals surface area contributed by atoms with Crippen molar-refractivity contribution in [2.75, 3.05) is 19.6 Å². The zero-order valence-electron chi connectivity index (χ0n) is 11.7. The van der Waals surface area contributed by atoms with E-state index in [-0.39, 0.29) is 11.5 Å². The van der Waals surface area contributed by atoms with Gasteiger partial charge in [0, 0.05) is 13.1 Å². The van der Waals surface area contributed by atoms with Crippen molar-refractivity contribution >= 4 is 5.91 Å². The molecule has 1 aromatic carbocycles. The summed E-state index contributed by atoms with van der Waals surface area (Å²) in [5.41, 5.74) is 4.39. The van der Waals surface area contributed by atoms with Crippen LogP contribution < -0.4 is 5.73 Å². The Balaban J connectivity index is 2.20. The Bertz CT molecular complexity index is 500. The number of likely N-dealkylation sites (tertiary alicyclic amines) is 1. The SMILES string of the molecule is NCCC1CCCN(C(=O)c2ccccc2C(F)(F)F)C1. The van der Waals surface area contributed by atoms with Crippen LogP contribution in [-0.4, -0.2) is 30.4 Å². The van der Waals surface area contributed by atoms with Gasteiger partial charge in [0.05, 0.1) is 11.1 Å². The lowest BCUT2D eigenvalue weighted by molar-refractivity contribution is -0.138. The number of nitrogens with zero attached hydrogens (tertiary/aromatic N) is 1. The fourth-order valence-corrected chi connectivity index (χ4v) is 2.81. The molecule has 6 heteroatoms. The molecule has 21 heavy (non-hydrogen) atoms. The summed E-state index contributed by atoms with van der Waals surface area (Å²) in [6, 6.07) is 4.96. The van der Waals surface area contributed by atoms with Gasteiger partial charge < -0.3 is 10.6 Å². The topological polar surface area (TPSA) is 46.3 Å². The third-order valence-electron chi connectivity index (χ3n) is 3.84. The molecule has 0 spiro atoms. The van der Waals surface area contributed by atoms with Crippen molar-refractivity contribution in [1.29, 1.82) is 0 Å². The summed E-state index contributed by atoms with van der Waals surface area (Å²) >= 11 is 0. The average Bonchev–Trinajstić information content (AvgIpc) is 2.46. The Morgan fingerprint density at radius 3 is 2.71 bits per heavy atom. The molecule has 1 aliphatic rings. The van der Waals surface area contributed by atoms with Crippen LogP contribution in [0.4, 0.5) is 13.2 Å². The highest BCUT2D eigenvalue weighted by atomic mass is 19.4. The van der Waals surface area contributed by atoms with E-state index in [4.69, 9.17) is 5.73 Å². The first-order chi connectivity index (χ1) is 9.93. The summed E-state index contributed by atoms with van der Waals surface area (Å²) in [7, 11) is 0. The van der Waals surface area contributed by atoms with Crippen molar-refractivity contribution in [2.45, 2.75) is 25.4 Å². The standard InChI is InChI=1S/C15H19F3N2O/c16-15(17,18)13-6-2-1-5-12(13)14(21)20-9-3-4-11(10-20)7-8-19/h1-2,5-6,11H,3-4,7-10,19H2. The highest BCUT2D eigenvalue weighted by molar-refractivity contribution is 5.96. The molecule has 1 fully saturated rings. The molecule has 1 saturated heterocycles. The first-order valence-corrected chi connectivity index (χ1v) is 7.09. The molecule has 3 nitrogen and oxygen atoms in total. The Morgan fingerprint density at radius 2 is 2.05 bits per heavy atom. The van der Waals surface area contributed by atoms with Crippen LogP contribution in [0.15, 0.2) is 24.3 Å².